The first-order chi connectivity index (χ1) is 14.6. The highest BCUT2D eigenvalue weighted by atomic mass is 35.5. The Hall–Kier alpha value is -2.84. The Morgan fingerprint density at radius 2 is 1.70 bits per heavy atom. The zero-order valence-electron chi connectivity index (χ0n) is 16.3. The Morgan fingerprint density at radius 1 is 1.03 bits per heavy atom. The topological polar surface area (TPSA) is 78.7 Å². The largest absolute Gasteiger partial charge is 0.325 e. The zero-order chi connectivity index (χ0) is 20.9. The molecule has 0 saturated carbocycles. The van der Waals surface area contributed by atoms with Crippen molar-refractivity contribution in [1.82, 2.24) is 14.3 Å². The number of carbonyl (C=O) groups is 2. The van der Waals surface area contributed by atoms with E-state index >= 15 is 0 Å². The summed E-state index contributed by atoms with van der Waals surface area (Å²) >= 11 is 7.61. The fourth-order valence-corrected chi connectivity index (χ4v) is 4.38. The second kappa shape index (κ2) is 9.32. The second-order valence-corrected chi connectivity index (χ2v) is 8.31. The Morgan fingerprint density at radius 3 is 2.40 bits per heavy atom. The number of benzene rings is 1. The highest BCUT2D eigenvalue weighted by Gasteiger charge is 2.15. The molecule has 0 bridgehead atoms. The lowest BCUT2D eigenvalue weighted by molar-refractivity contribution is -0.111. The number of thiazole rings is 1. The van der Waals surface area contributed by atoms with Crippen LogP contribution in [0.4, 0.5) is 16.2 Å². The number of hydrogen-bond donors (Lipinski definition) is 2. The van der Waals surface area contributed by atoms with E-state index in [2.05, 4.69) is 15.6 Å². The first-order valence-corrected chi connectivity index (χ1v) is 11.1. The maximum Gasteiger partial charge on any atom is 0.321 e. The van der Waals surface area contributed by atoms with Crippen LogP contribution in [-0.2, 0) is 4.79 Å². The Balaban J connectivity index is 1.33. The van der Waals surface area contributed by atoms with Crippen LogP contribution in [0.2, 0.25) is 5.15 Å². The Kier molecular flexibility index (Phi) is 6.35. The van der Waals surface area contributed by atoms with Gasteiger partial charge in [0.15, 0.2) is 10.1 Å². The molecule has 1 aromatic carbocycles. The molecule has 2 aromatic heterocycles. The average molecular weight is 444 g/mol. The van der Waals surface area contributed by atoms with E-state index in [1.807, 2.05) is 20.9 Å². The molecule has 4 rings (SSSR count). The Bertz CT molecular complexity index is 1060. The summed E-state index contributed by atoms with van der Waals surface area (Å²) in [5.41, 5.74) is 2.00. The zero-order valence-corrected chi connectivity index (χ0v) is 17.9. The van der Waals surface area contributed by atoms with E-state index < -0.39 is 0 Å². The Labute approximate surface area is 183 Å². The van der Waals surface area contributed by atoms with E-state index in [-0.39, 0.29) is 11.9 Å². The third-order valence-electron chi connectivity index (χ3n) is 4.94. The minimum atomic E-state index is -0.280. The molecule has 0 radical (unpaired) electrons. The van der Waals surface area contributed by atoms with Gasteiger partial charge >= 0.3 is 6.03 Å². The summed E-state index contributed by atoms with van der Waals surface area (Å²) in [6.45, 7) is 1.59. The third kappa shape index (κ3) is 4.83. The average Bonchev–Trinajstić information content (AvgIpc) is 3.16. The number of hydrogen-bond acceptors (Lipinski definition) is 4. The molecular formula is C21H22ClN5O2S. The summed E-state index contributed by atoms with van der Waals surface area (Å²) in [6.07, 6.45) is 9.37. The van der Waals surface area contributed by atoms with Crippen molar-refractivity contribution in [2.75, 3.05) is 23.7 Å². The minimum Gasteiger partial charge on any atom is -0.325 e. The number of halogens is 1. The fourth-order valence-electron chi connectivity index (χ4n) is 3.38. The molecule has 1 aliphatic heterocycles. The lowest BCUT2D eigenvalue weighted by Crippen LogP contribution is -2.35. The molecule has 30 heavy (non-hydrogen) atoms. The predicted molar refractivity (Wildman–Crippen MR) is 121 cm³/mol. The van der Waals surface area contributed by atoms with Crippen LogP contribution in [0.1, 0.15) is 31.4 Å². The van der Waals surface area contributed by atoms with E-state index in [1.54, 1.807) is 30.3 Å². The number of imidazole rings is 1. The van der Waals surface area contributed by atoms with Crippen molar-refractivity contribution in [3.8, 4) is 0 Å². The van der Waals surface area contributed by atoms with Crippen molar-refractivity contribution in [2.24, 2.45) is 0 Å². The van der Waals surface area contributed by atoms with Crippen molar-refractivity contribution in [1.29, 1.82) is 0 Å². The number of fused-ring (bicyclic) bond motifs is 1. The molecule has 0 atom stereocenters. The van der Waals surface area contributed by atoms with Gasteiger partial charge in [0.2, 0.25) is 5.91 Å². The van der Waals surface area contributed by atoms with Crippen LogP contribution in [0.3, 0.4) is 0 Å². The van der Waals surface area contributed by atoms with Crippen LogP contribution in [0, 0.1) is 0 Å². The van der Waals surface area contributed by atoms with Crippen molar-refractivity contribution in [2.45, 2.75) is 25.7 Å². The summed E-state index contributed by atoms with van der Waals surface area (Å²) in [5, 5.41) is 7.98. The van der Waals surface area contributed by atoms with Gasteiger partial charge in [-0.05, 0) is 43.2 Å². The first-order valence-electron chi connectivity index (χ1n) is 9.86. The van der Waals surface area contributed by atoms with Gasteiger partial charge in [-0.3, -0.25) is 9.20 Å². The van der Waals surface area contributed by atoms with Gasteiger partial charge < -0.3 is 15.5 Å². The lowest BCUT2D eigenvalue weighted by Gasteiger charge is -2.20. The van der Waals surface area contributed by atoms with Gasteiger partial charge in [0.05, 0.1) is 5.69 Å². The molecule has 7 nitrogen and oxygen atoms in total. The maximum atomic E-state index is 12.4. The molecular weight excluding hydrogens is 422 g/mol. The quantitative estimate of drug-likeness (QED) is 0.550. The smallest absolute Gasteiger partial charge is 0.321 e. The predicted octanol–water partition coefficient (Wildman–Crippen LogP) is 5.11. The summed E-state index contributed by atoms with van der Waals surface area (Å²) < 4.78 is 1.83. The van der Waals surface area contributed by atoms with Crippen molar-refractivity contribution < 1.29 is 9.59 Å². The number of carbonyl (C=O) groups excluding carboxylic acids is 2. The summed E-state index contributed by atoms with van der Waals surface area (Å²) in [4.78, 5) is 31.5. The molecule has 2 N–H and O–H groups in total. The van der Waals surface area contributed by atoms with Crippen LogP contribution >= 0.6 is 22.9 Å². The van der Waals surface area contributed by atoms with Crippen LogP contribution in [0.25, 0.3) is 11.0 Å². The van der Waals surface area contributed by atoms with E-state index in [0.717, 1.165) is 30.9 Å². The molecule has 156 valence electrons. The van der Waals surface area contributed by atoms with Gasteiger partial charge in [0.1, 0.15) is 0 Å². The van der Waals surface area contributed by atoms with E-state index in [9.17, 15) is 9.59 Å². The summed E-state index contributed by atoms with van der Waals surface area (Å²) in [5.74, 6) is -0.280. The monoisotopic (exact) mass is 443 g/mol. The molecule has 9 heteroatoms. The maximum absolute atomic E-state index is 12.4. The van der Waals surface area contributed by atoms with Crippen LogP contribution < -0.4 is 10.6 Å². The standard InChI is InChI=1S/C21H22ClN5O2S/c22-19-17(27-13-14-30-21(27)25-19)9-10-18(28)23-15-5-7-16(8-6-15)24-20(29)26-11-3-1-2-4-12-26/h5-10,13-14H,1-4,11-12H2,(H,23,28)(H,24,29)/b10-9+. The number of nitrogens with zero attached hydrogens (tertiary/aromatic N) is 3. The van der Waals surface area contributed by atoms with Crippen molar-refractivity contribution in [3.05, 3.63) is 52.8 Å². The van der Waals surface area contributed by atoms with Gasteiger partial charge in [-0.1, -0.05) is 24.4 Å². The fraction of sp³-hybridized carbons (Fsp3) is 0.286. The number of anilines is 2. The molecule has 1 aliphatic rings. The van der Waals surface area contributed by atoms with Crippen LogP contribution in [-0.4, -0.2) is 39.3 Å². The molecule has 3 aromatic rings. The third-order valence-corrected chi connectivity index (χ3v) is 5.98. The summed E-state index contributed by atoms with van der Waals surface area (Å²) in [6, 6.07) is 6.99. The van der Waals surface area contributed by atoms with Crippen LogP contribution in [0.5, 0.6) is 0 Å². The normalized spacial score (nSPS) is 14.8. The van der Waals surface area contributed by atoms with Gasteiger partial charge in [0.25, 0.3) is 0 Å². The van der Waals surface area contributed by atoms with Gasteiger partial charge in [-0.2, -0.15) is 0 Å². The SMILES string of the molecule is O=C(/C=C/c1c(Cl)nc2sccn12)Nc1ccc(NC(=O)N2CCCCCC2)cc1. The molecule has 3 amide bonds. The number of rotatable bonds is 4. The molecule has 1 saturated heterocycles. The number of urea groups is 1. The molecule has 3 heterocycles. The second-order valence-electron chi connectivity index (χ2n) is 7.07. The number of likely N-dealkylation sites (tertiary alicyclic amines) is 1. The first kappa shape index (κ1) is 20.4. The van der Waals surface area contributed by atoms with E-state index in [0.29, 0.717) is 22.2 Å². The number of amides is 3. The van der Waals surface area contributed by atoms with Crippen molar-refractivity contribution in [3.63, 3.8) is 0 Å². The highest BCUT2D eigenvalue weighted by Crippen LogP contribution is 2.22. The molecule has 0 unspecified atom stereocenters. The number of aromatic nitrogens is 2. The van der Waals surface area contributed by atoms with Crippen LogP contribution in [0.15, 0.2) is 41.9 Å². The molecule has 0 spiro atoms. The lowest BCUT2D eigenvalue weighted by atomic mass is 10.2. The van der Waals surface area contributed by atoms with Gasteiger partial charge in [-0.25, -0.2) is 9.78 Å². The molecule has 0 aliphatic carbocycles. The summed E-state index contributed by atoms with van der Waals surface area (Å²) in [7, 11) is 0. The van der Waals surface area contributed by atoms with Gasteiger partial charge in [0, 0.05) is 42.1 Å². The highest BCUT2D eigenvalue weighted by molar-refractivity contribution is 7.15. The molecule has 1 fully saturated rings. The van der Waals surface area contributed by atoms with E-state index in [1.165, 1.54) is 30.3 Å². The van der Waals surface area contributed by atoms with E-state index in [4.69, 9.17) is 11.6 Å². The number of nitrogens with one attached hydrogen (secondary N) is 2. The minimum absolute atomic E-state index is 0.0750. The van der Waals surface area contributed by atoms with Gasteiger partial charge in [-0.15, -0.1) is 11.3 Å². The van der Waals surface area contributed by atoms with Crippen molar-refractivity contribution >= 4 is 57.3 Å².